The number of hydrogen-bond acceptors (Lipinski definition) is 2. The smallest absolute Gasteiger partial charge is 0.197 e. The fourth-order valence-electron chi connectivity index (χ4n) is 1.05. The number of benzene rings is 1. The molecule has 0 unspecified atom stereocenters. The minimum absolute atomic E-state index is 0.324. The summed E-state index contributed by atoms with van der Waals surface area (Å²) in [5.41, 5.74) is 0.324. The Labute approximate surface area is 90.5 Å². The summed E-state index contributed by atoms with van der Waals surface area (Å²) in [7, 11) is 0. The molecule has 66 valence electrons. The number of fused-ring (bicyclic) bond motifs is 1. The zero-order valence-corrected chi connectivity index (χ0v) is 9.43. The summed E-state index contributed by atoms with van der Waals surface area (Å²) in [6.07, 6.45) is 1.57. The van der Waals surface area contributed by atoms with E-state index >= 15 is 0 Å². The molecule has 0 bridgehead atoms. The van der Waals surface area contributed by atoms with Gasteiger partial charge in [-0.25, -0.2) is 14.4 Å². The van der Waals surface area contributed by atoms with Gasteiger partial charge in [-0.15, -0.1) is 0 Å². The highest BCUT2D eigenvalue weighted by molar-refractivity contribution is 9.10. The van der Waals surface area contributed by atoms with Crippen molar-refractivity contribution in [3.63, 3.8) is 0 Å². The van der Waals surface area contributed by atoms with Crippen molar-refractivity contribution in [1.82, 2.24) is 9.97 Å². The van der Waals surface area contributed by atoms with E-state index in [2.05, 4.69) is 41.8 Å². The molecule has 0 atom stereocenters. The van der Waals surface area contributed by atoms with Gasteiger partial charge in [0.05, 0.1) is 0 Å². The molecule has 13 heavy (non-hydrogen) atoms. The molecule has 0 saturated heterocycles. The molecular weight excluding hydrogens is 303 g/mol. The van der Waals surface area contributed by atoms with Crippen LogP contribution in [0.25, 0.3) is 10.9 Å². The summed E-state index contributed by atoms with van der Waals surface area (Å²) in [5.74, 6) is -0.354. The van der Waals surface area contributed by atoms with Gasteiger partial charge in [0, 0.05) is 16.1 Å². The number of hydrogen-bond donors (Lipinski definition) is 0. The van der Waals surface area contributed by atoms with Crippen molar-refractivity contribution in [3.05, 3.63) is 33.4 Å². The molecule has 1 aromatic carbocycles. The molecule has 2 rings (SSSR count). The van der Waals surface area contributed by atoms with Crippen molar-refractivity contribution in [2.45, 2.75) is 0 Å². The minimum atomic E-state index is -0.354. The zero-order valence-electron chi connectivity index (χ0n) is 6.26. The van der Waals surface area contributed by atoms with Gasteiger partial charge in [-0.05, 0) is 28.1 Å². The maximum absolute atomic E-state index is 13.3. The molecule has 2 aromatic rings. The molecule has 0 aliphatic heterocycles. The number of nitrogens with zero attached hydrogens (tertiary/aromatic N) is 2. The van der Waals surface area contributed by atoms with E-state index in [9.17, 15) is 4.39 Å². The van der Waals surface area contributed by atoms with Crippen LogP contribution in [0.2, 0.25) is 0 Å². The highest BCUT2D eigenvalue weighted by atomic mass is 79.9. The topological polar surface area (TPSA) is 25.8 Å². The van der Waals surface area contributed by atoms with Gasteiger partial charge in [0.1, 0.15) is 5.52 Å². The minimum Gasteiger partial charge on any atom is -0.230 e. The average Bonchev–Trinajstić information content (AvgIpc) is 2.06. The van der Waals surface area contributed by atoms with Gasteiger partial charge in [-0.2, -0.15) is 0 Å². The van der Waals surface area contributed by atoms with Crippen molar-refractivity contribution in [2.24, 2.45) is 0 Å². The van der Waals surface area contributed by atoms with Crippen LogP contribution in [0.5, 0.6) is 0 Å². The summed E-state index contributed by atoms with van der Waals surface area (Å²) in [6, 6.07) is 3.15. The molecule has 1 heterocycles. The first-order valence-electron chi connectivity index (χ1n) is 3.44. The lowest BCUT2D eigenvalue weighted by molar-refractivity contribution is 0.635. The molecule has 0 aliphatic rings. The molecular formula is C8H3Br2FN2. The highest BCUT2D eigenvalue weighted by Crippen LogP contribution is 2.21. The van der Waals surface area contributed by atoms with Crippen LogP contribution in [0.1, 0.15) is 0 Å². The fraction of sp³-hybridized carbons (Fsp3) is 0. The lowest BCUT2D eigenvalue weighted by atomic mass is 10.2. The predicted molar refractivity (Wildman–Crippen MR) is 54.9 cm³/mol. The van der Waals surface area contributed by atoms with Gasteiger partial charge in [-0.1, -0.05) is 15.9 Å². The molecule has 5 heteroatoms. The van der Waals surface area contributed by atoms with Crippen LogP contribution >= 0.6 is 31.9 Å². The van der Waals surface area contributed by atoms with E-state index in [1.807, 2.05) is 0 Å². The van der Waals surface area contributed by atoms with E-state index in [0.29, 0.717) is 20.1 Å². The van der Waals surface area contributed by atoms with Crippen LogP contribution in [0.15, 0.2) is 27.5 Å². The second-order valence-corrected chi connectivity index (χ2v) is 4.09. The maximum Gasteiger partial charge on any atom is 0.197 e. The third kappa shape index (κ3) is 1.71. The fourth-order valence-corrected chi connectivity index (χ4v) is 1.77. The first-order chi connectivity index (χ1) is 6.16. The quantitative estimate of drug-likeness (QED) is 0.698. The lowest BCUT2D eigenvalue weighted by Crippen LogP contribution is -1.88. The monoisotopic (exact) mass is 304 g/mol. The van der Waals surface area contributed by atoms with Gasteiger partial charge in [0.2, 0.25) is 0 Å². The third-order valence-corrected chi connectivity index (χ3v) is 2.41. The summed E-state index contributed by atoms with van der Waals surface area (Å²) in [5, 5.41) is 0.676. The van der Waals surface area contributed by atoms with Crippen LogP contribution in [0.3, 0.4) is 0 Å². The van der Waals surface area contributed by atoms with Crippen molar-refractivity contribution >= 4 is 42.8 Å². The summed E-state index contributed by atoms with van der Waals surface area (Å²) in [4.78, 5) is 7.83. The van der Waals surface area contributed by atoms with Gasteiger partial charge >= 0.3 is 0 Å². The normalized spacial score (nSPS) is 10.7. The molecule has 0 amide bonds. The predicted octanol–water partition coefficient (Wildman–Crippen LogP) is 3.29. The van der Waals surface area contributed by atoms with Gasteiger partial charge in [-0.3, -0.25) is 0 Å². The molecule has 1 aromatic heterocycles. The third-order valence-electron chi connectivity index (χ3n) is 1.57. The van der Waals surface area contributed by atoms with Crippen LogP contribution in [0.4, 0.5) is 4.39 Å². The Bertz CT molecular complexity index is 473. The Kier molecular flexibility index (Phi) is 2.29. The summed E-state index contributed by atoms with van der Waals surface area (Å²) in [6.45, 7) is 0. The second kappa shape index (κ2) is 3.31. The van der Waals surface area contributed by atoms with Crippen molar-refractivity contribution in [1.29, 1.82) is 0 Å². The van der Waals surface area contributed by atoms with Crippen LogP contribution in [-0.4, -0.2) is 9.97 Å². The van der Waals surface area contributed by atoms with Gasteiger partial charge in [0.15, 0.2) is 10.6 Å². The Morgan fingerprint density at radius 1 is 1.23 bits per heavy atom. The van der Waals surface area contributed by atoms with Crippen LogP contribution in [0, 0.1) is 5.82 Å². The summed E-state index contributed by atoms with van der Waals surface area (Å²) < 4.78 is 14.4. The number of rotatable bonds is 0. The molecule has 2 nitrogen and oxygen atoms in total. The Balaban J connectivity index is 2.87. The van der Waals surface area contributed by atoms with E-state index in [-0.39, 0.29) is 5.82 Å². The van der Waals surface area contributed by atoms with Crippen LogP contribution < -0.4 is 0 Å². The Morgan fingerprint density at radius 3 is 2.77 bits per heavy atom. The van der Waals surface area contributed by atoms with Crippen molar-refractivity contribution in [2.75, 3.05) is 0 Å². The number of halogens is 3. The van der Waals surface area contributed by atoms with E-state index in [1.165, 1.54) is 6.07 Å². The second-order valence-electron chi connectivity index (χ2n) is 2.46. The molecule has 0 N–H and O–H groups in total. The SMILES string of the molecule is Fc1cc(Br)cc2cnc(Br)nc12. The van der Waals surface area contributed by atoms with E-state index < -0.39 is 0 Å². The van der Waals surface area contributed by atoms with Gasteiger partial charge in [0.25, 0.3) is 0 Å². The van der Waals surface area contributed by atoms with Gasteiger partial charge < -0.3 is 0 Å². The Hall–Kier alpha value is -0.550. The van der Waals surface area contributed by atoms with E-state index in [4.69, 9.17) is 0 Å². The number of aromatic nitrogens is 2. The average molecular weight is 306 g/mol. The molecule has 0 radical (unpaired) electrons. The van der Waals surface area contributed by atoms with Crippen molar-refractivity contribution < 1.29 is 4.39 Å². The highest BCUT2D eigenvalue weighted by Gasteiger charge is 2.04. The Morgan fingerprint density at radius 2 is 2.00 bits per heavy atom. The molecule has 0 saturated carbocycles. The van der Waals surface area contributed by atoms with Crippen molar-refractivity contribution in [3.8, 4) is 0 Å². The maximum atomic E-state index is 13.3. The molecule has 0 aliphatic carbocycles. The summed E-state index contributed by atoms with van der Waals surface area (Å²) >= 11 is 6.28. The first kappa shape index (κ1) is 9.02. The zero-order chi connectivity index (χ0) is 9.42. The molecule has 0 fully saturated rings. The first-order valence-corrected chi connectivity index (χ1v) is 5.03. The van der Waals surface area contributed by atoms with Crippen LogP contribution in [-0.2, 0) is 0 Å². The van der Waals surface area contributed by atoms with E-state index in [0.717, 1.165) is 0 Å². The molecule has 0 spiro atoms. The standard InChI is InChI=1S/C8H3Br2FN2/c9-5-1-4-3-12-8(10)13-7(4)6(11)2-5/h1-3H. The largest absolute Gasteiger partial charge is 0.230 e. The van der Waals surface area contributed by atoms with E-state index in [1.54, 1.807) is 12.3 Å². The lowest BCUT2D eigenvalue weighted by Gasteiger charge is -1.99.